The van der Waals surface area contributed by atoms with Crippen LogP contribution in [-0.4, -0.2) is 19.0 Å². The molecule has 0 aromatic heterocycles. The summed E-state index contributed by atoms with van der Waals surface area (Å²) in [6.07, 6.45) is 1.76. The quantitative estimate of drug-likeness (QED) is 0.341. The average Bonchev–Trinajstić information content (AvgIpc) is 2.74. The number of hydrogen-bond acceptors (Lipinski definition) is 3. The molecule has 0 aliphatic carbocycles. The van der Waals surface area contributed by atoms with Crippen molar-refractivity contribution in [2.45, 2.75) is 6.92 Å². The van der Waals surface area contributed by atoms with Gasteiger partial charge in [-0.15, -0.1) is 0 Å². The molecule has 0 atom stereocenters. The smallest absolute Gasteiger partial charge is 0.338 e. The molecule has 0 aliphatic heterocycles. The van der Waals surface area contributed by atoms with E-state index in [0.717, 1.165) is 11.1 Å². The fraction of sp³-hybridized carbons (Fsp3) is 0.0833. The molecule has 0 saturated heterocycles. The lowest BCUT2D eigenvalue weighted by Gasteiger charge is -2.14. The van der Waals surface area contributed by atoms with E-state index in [-0.39, 0.29) is 5.91 Å². The van der Waals surface area contributed by atoms with Crippen LogP contribution in [0.4, 0.5) is 5.69 Å². The Hall–Kier alpha value is -3.37. The Morgan fingerprint density at radius 3 is 2.31 bits per heavy atom. The maximum atomic E-state index is 13.2. The summed E-state index contributed by atoms with van der Waals surface area (Å²) in [6, 6.07) is 21.8. The van der Waals surface area contributed by atoms with Crippen molar-refractivity contribution in [1.29, 1.82) is 0 Å². The first-order valence-corrected chi connectivity index (χ1v) is 9.40. The molecule has 0 fully saturated rings. The number of rotatable bonds is 5. The number of carbonyl (C=O) groups is 2. The Labute approximate surface area is 174 Å². The molecular formula is C24H20ClNO3. The Bertz CT molecular complexity index is 1070. The molecule has 3 rings (SSSR count). The molecule has 0 unspecified atom stereocenters. The average molecular weight is 406 g/mol. The van der Waals surface area contributed by atoms with Crippen molar-refractivity contribution < 1.29 is 14.3 Å². The standard InChI is InChI=1S/C24H20ClNO3/c1-16-19(24(28)29-2)12-8-14-22(16)26-23(27)20(17-9-4-3-5-10-17)15-18-11-6-7-13-21(18)25/h3-15H,1-2H3,(H,26,27)/b20-15+. The molecule has 0 saturated carbocycles. The highest BCUT2D eigenvalue weighted by Crippen LogP contribution is 2.26. The number of esters is 1. The Kier molecular flexibility index (Phi) is 6.47. The number of benzene rings is 3. The highest BCUT2D eigenvalue weighted by molar-refractivity contribution is 6.34. The molecule has 3 aromatic carbocycles. The van der Waals surface area contributed by atoms with Crippen LogP contribution < -0.4 is 5.32 Å². The summed E-state index contributed by atoms with van der Waals surface area (Å²) >= 11 is 6.29. The van der Waals surface area contributed by atoms with Crippen LogP contribution in [0.5, 0.6) is 0 Å². The van der Waals surface area contributed by atoms with Gasteiger partial charge in [0.05, 0.1) is 12.7 Å². The summed E-state index contributed by atoms with van der Waals surface area (Å²) < 4.78 is 4.81. The lowest BCUT2D eigenvalue weighted by Crippen LogP contribution is -2.16. The molecule has 5 heteroatoms. The van der Waals surface area contributed by atoms with Crippen molar-refractivity contribution in [3.05, 3.63) is 100 Å². The second-order valence-corrected chi connectivity index (χ2v) is 6.78. The van der Waals surface area contributed by atoms with Gasteiger partial charge in [-0.3, -0.25) is 4.79 Å². The van der Waals surface area contributed by atoms with Gasteiger partial charge in [0.15, 0.2) is 0 Å². The Morgan fingerprint density at radius 1 is 0.931 bits per heavy atom. The predicted molar refractivity (Wildman–Crippen MR) is 117 cm³/mol. The lowest BCUT2D eigenvalue weighted by atomic mass is 10.0. The van der Waals surface area contributed by atoms with Crippen molar-refractivity contribution in [2.75, 3.05) is 12.4 Å². The van der Waals surface area contributed by atoms with E-state index in [4.69, 9.17) is 16.3 Å². The highest BCUT2D eigenvalue weighted by atomic mass is 35.5. The fourth-order valence-electron chi connectivity index (χ4n) is 2.94. The minimum atomic E-state index is -0.450. The number of methoxy groups -OCH3 is 1. The zero-order chi connectivity index (χ0) is 20.8. The monoisotopic (exact) mass is 405 g/mol. The number of nitrogens with one attached hydrogen (secondary N) is 1. The third kappa shape index (κ3) is 4.73. The number of hydrogen-bond donors (Lipinski definition) is 1. The predicted octanol–water partition coefficient (Wildman–Crippen LogP) is 5.61. The van der Waals surface area contributed by atoms with Crippen LogP contribution in [0.3, 0.4) is 0 Å². The van der Waals surface area contributed by atoms with E-state index in [0.29, 0.717) is 27.4 Å². The number of halogens is 1. The van der Waals surface area contributed by atoms with E-state index in [1.807, 2.05) is 48.5 Å². The van der Waals surface area contributed by atoms with Crippen molar-refractivity contribution >= 4 is 40.8 Å². The normalized spacial score (nSPS) is 11.1. The third-order valence-electron chi connectivity index (χ3n) is 4.52. The van der Waals surface area contributed by atoms with Crippen LogP contribution in [0.1, 0.15) is 27.0 Å². The number of amides is 1. The maximum Gasteiger partial charge on any atom is 0.338 e. The van der Waals surface area contributed by atoms with Crippen LogP contribution in [0, 0.1) is 6.92 Å². The zero-order valence-electron chi connectivity index (χ0n) is 16.1. The summed E-state index contributed by atoms with van der Waals surface area (Å²) in [5, 5.41) is 3.46. The minimum Gasteiger partial charge on any atom is -0.465 e. The van der Waals surface area contributed by atoms with Gasteiger partial charge in [0, 0.05) is 16.3 Å². The Balaban J connectivity index is 2.01. The number of anilines is 1. The number of ether oxygens (including phenoxy) is 1. The van der Waals surface area contributed by atoms with Gasteiger partial charge in [-0.1, -0.05) is 66.2 Å². The second kappa shape index (κ2) is 9.22. The van der Waals surface area contributed by atoms with Gasteiger partial charge in [-0.2, -0.15) is 0 Å². The topological polar surface area (TPSA) is 55.4 Å². The van der Waals surface area contributed by atoms with Gasteiger partial charge in [-0.05, 0) is 47.9 Å². The van der Waals surface area contributed by atoms with Gasteiger partial charge >= 0.3 is 5.97 Å². The lowest BCUT2D eigenvalue weighted by molar-refractivity contribution is -0.111. The number of carbonyl (C=O) groups excluding carboxylic acids is 2. The molecule has 0 spiro atoms. The van der Waals surface area contributed by atoms with Crippen LogP contribution in [0.15, 0.2) is 72.8 Å². The largest absolute Gasteiger partial charge is 0.465 e. The molecule has 146 valence electrons. The first-order chi connectivity index (χ1) is 14.0. The van der Waals surface area contributed by atoms with Crippen LogP contribution in [-0.2, 0) is 9.53 Å². The molecule has 1 amide bonds. The molecule has 0 aliphatic rings. The molecule has 1 N–H and O–H groups in total. The van der Waals surface area contributed by atoms with Crippen molar-refractivity contribution in [1.82, 2.24) is 0 Å². The molecule has 3 aromatic rings. The van der Waals surface area contributed by atoms with Crippen LogP contribution in [0.2, 0.25) is 5.02 Å². The van der Waals surface area contributed by atoms with Gasteiger partial charge in [-0.25, -0.2) is 4.79 Å². The molecule has 0 heterocycles. The van der Waals surface area contributed by atoms with E-state index in [1.54, 1.807) is 37.3 Å². The van der Waals surface area contributed by atoms with Gasteiger partial charge in [0.1, 0.15) is 0 Å². The molecule has 29 heavy (non-hydrogen) atoms. The molecule has 4 nitrogen and oxygen atoms in total. The van der Waals surface area contributed by atoms with Crippen molar-refractivity contribution in [3.63, 3.8) is 0 Å². The van der Waals surface area contributed by atoms with Gasteiger partial charge in [0.25, 0.3) is 5.91 Å². The van der Waals surface area contributed by atoms with Gasteiger partial charge < -0.3 is 10.1 Å². The molecule has 0 radical (unpaired) electrons. The third-order valence-corrected chi connectivity index (χ3v) is 4.87. The van der Waals surface area contributed by atoms with Crippen molar-refractivity contribution in [2.24, 2.45) is 0 Å². The second-order valence-electron chi connectivity index (χ2n) is 6.37. The minimum absolute atomic E-state index is 0.304. The summed E-state index contributed by atoms with van der Waals surface area (Å²) in [4.78, 5) is 25.1. The van der Waals surface area contributed by atoms with E-state index >= 15 is 0 Å². The fourth-order valence-corrected chi connectivity index (χ4v) is 3.13. The van der Waals surface area contributed by atoms with E-state index in [1.165, 1.54) is 7.11 Å². The maximum absolute atomic E-state index is 13.2. The molecular weight excluding hydrogens is 386 g/mol. The summed E-state index contributed by atoms with van der Waals surface area (Å²) in [5.41, 5.74) is 3.54. The summed E-state index contributed by atoms with van der Waals surface area (Å²) in [6.45, 7) is 1.77. The zero-order valence-corrected chi connectivity index (χ0v) is 16.9. The van der Waals surface area contributed by atoms with Crippen LogP contribution >= 0.6 is 11.6 Å². The first-order valence-electron chi connectivity index (χ1n) is 9.02. The van der Waals surface area contributed by atoms with E-state index in [2.05, 4.69) is 5.32 Å². The van der Waals surface area contributed by atoms with Crippen LogP contribution in [0.25, 0.3) is 11.6 Å². The summed E-state index contributed by atoms with van der Waals surface area (Å²) in [7, 11) is 1.33. The van der Waals surface area contributed by atoms with E-state index in [9.17, 15) is 9.59 Å². The SMILES string of the molecule is COC(=O)c1cccc(NC(=O)/C(=C/c2ccccc2Cl)c2ccccc2)c1C. The Morgan fingerprint density at radius 2 is 1.62 bits per heavy atom. The molecule has 0 bridgehead atoms. The van der Waals surface area contributed by atoms with Gasteiger partial charge in [0.2, 0.25) is 0 Å². The van der Waals surface area contributed by atoms with E-state index < -0.39 is 5.97 Å². The summed E-state index contributed by atoms with van der Waals surface area (Å²) in [5.74, 6) is -0.755. The van der Waals surface area contributed by atoms with Crippen molar-refractivity contribution in [3.8, 4) is 0 Å². The first kappa shape index (κ1) is 20.4. The highest BCUT2D eigenvalue weighted by Gasteiger charge is 2.17.